The lowest BCUT2D eigenvalue weighted by Gasteiger charge is -2.26. The third-order valence-corrected chi connectivity index (χ3v) is 6.87. The van der Waals surface area contributed by atoms with Gasteiger partial charge in [-0.05, 0) is 48.4 Å². The SMILES string of the molecule is O=C(NN(Cc1ccccc1)c1ccccc1)c1ccc(N2CCCS2(=O)=O)cc1. The van der Waals surface area contributed by atoms with Crippen molar-refractivity contribution in [1.82, 2.24) is 5.43 Å². The molecule has 3 aromatic rings. The topological polar surface area (TPSA) is 69.7 Å². The van der Waals surface area contributed by atoms with Crippen LogP contribution < -0.4 is 14.7 Å². The third-order valence-electron chi connectivity index (χ3n) is 5.00. The lowest BCUT2D eigenvalue weighted by molar-refractivity contribution is 0.0948. The zero-order valence-electron chi connectivity index (χ0n) is 16.4. The van der Waals surface area contributed by atoms with Crippen molar-refractivity contribution in [3.05, 3.63) is 96.1 Å². The van der Waals surface area contributed by atoms with Crippen LogP contribution in [0.15, 0.2) is 84.9 Å². The van der Waals surface area contributed by atoms with E-state index >= 15 is 0 Å². The van der Waals surface area contributed by atoms with Crippen molar-refractivity contribution in [3.63, 3.8) is 0 Å². The summed E-state index contributed by atoms with van der Waals surface area (Å²) in [5, 5.41) is 1.80. The van der Waals surface area contributed by atoms with Crippen LogP contribution in [0, 0.1) is 0 Å². The van der Waals surface area contributed by atoms with Gasteiger partial charge in [0.05, 0.1) is 23.7 Å². The molecule has 0 bridgehead atoms. The van der Waals surface area contributed by atoms with Crippen molar-refractivity contribution in [1.29, 1.82) is 0 Å². The van der Waals surface area contributed by atoms with Gasteiger partial charge in [0, 0.05) is 12.1 Å². The molecule has 4 rings (SSSR count). The Morgan fingerprint density at radius 3 is 2.13 bits per heavy atom. The highest BCUT2D eigenvalue weighted by molar-refractivity contribution is 7.93. The molecule has 1 fully saturated rings. The van der Waals surface area contributed by atoms with Crippen molar-refractivity contribution in [2.75, 3.05) is 21.6 Å². The standard InChI is InChI=1S/C23H23N3O3S/c27-23(20-12-14-22(15-13-20)26-16-7-17-30(26,28)29)24-25(21-10-5-2-6-11-21)18-19-8-3-1-4-9-19/h1-6,8-15H,7,16-18H2,(H,24,27). The maximum absolute atomic E-state index is 12.9. The molecule has 1 N–H and O–H groups in total. The minimum absolute atomic E-state index is 0.167. The van der Waals surface area contributed by atoms with E-state index in [2.05, 4.69) is 5.43 Å². The summed E-state index contributed by atoms with van der Waals surface area (Å²) in [6, 6.07) is 26.2. The van der Waals surface area contributed by atoms with Gasteiger partial charge in [-0.15, -0.1) is 0 Å². The quantitative estimate of drug-likeness (QED) is 0.618. The van der Waals surface area contributed by atoms with Crippen molar-refractivity contribution in [2.24, 2.45) is 0 Å². The molecule has 1 aliphatic rings. The molecule has 0 atom stereocenters. The van der Waals surface area contributed by atoms with Gasteiger partial charge in [0.2, 0.25) is 10.0 Å². The van der Waals surface area contributed by atoms with E-state index < -0.39 is 10.0 Å². The molecule has 7 heteroatoms. The number of amides is 1. The predicted octanol–water partition coefficient (Wildman–Crippen LogP) is 3.58. The second-order valence-electron chi connectivity index (χ2n) is 7.14. The van der Waals surface area contributed by atoms with Gasteiger partial charge in [0.15, 0.2) is 0 Å². The van der Waals surface area contributed by atoms with Gasteiger partial charge in [-0.2, -0.15) is 0 Å². The minimum atomic E-state index is -3.24. The van der Waals surface area contributed by atoms with Crippen LogP contribution in [0.3, 0.4) is 0 Å². The molecule has 0 saturated carbocycles. The van der Waals surface area contributed by atoms with Gasteiger partial charge in [0.25, 0.3) is 5.91 Å². The van der Waals surface area contributed by atoms with Crippen LogP contribution >= 0.6 is 0 Å². The van der Waals surface area contributed by atoms with Gasteiger partial charge in [-0.1, -0.05) is 48.5 Å². The Bertz CT molecular complexity index is 1100. The maximum atomic E-state index is 12.9. The number of hydrazine groups is 1. The van der Waals surface area contributed by atoms with Crippen LogP contribution in [0.1, 0.15) is 22.3 Å². The lowest BCUT2D eigenvalue weighted by Crippen LogP contribution is -2.42. The van der Waals surface area contributed by atoms with Crippen molar-refractivity contribution >= 4 is 27.3 Å². The molecule has 0 spiro atoms. The van der Waals surface area contributed by atoms with Crippen molar-refractivity contribution < 1.29 is 13.2 Å². The summed E-state index contributed by atoms with van der Waals surface area (Å²) in [7, 11) is -3.24. The fraction of sp³-hybridized carbons (Fsp3) is 0.174. The van der Waals surface area contributed by atoms with Crippen LogP contribution in [0.2, 0.25) is 0 Å². The largest absolute Gasteiger partial charge is 0.281 e. The van der Waals surface area contributed by atoms with E-state index in [0.717, 1.165) is 11.3 Å². The van der Waals surface area contributed by atoms with Crippen LogP contribution in [0.5, 0.6) is 0 Å². The van der Waals surface area contributed by atoms with E-state index in [1.807, 2.05) is 60.7 Å². The summed E-state index contributed by atoms with van der Waals surface area (Å²) in [6.45, 7) is 0.993. The minimum Gasteiger partial charge on any atom is -0.281 e. The van der Waals surface area contributed by atoms with E-state index in [9.17, 15) is 13.2 Å². The second kappa shape index (κ2) is 8.59. The summed E-state index contributed by atoms with van der Waals surface area (Å²) in [6.07, 6.45) is 0.621. The van der Waals surface area contributed by atoms with Crippen molar-refractivity contribution in [3.8, 4) is 0 Å². The fourth-order valence-corrected chi connectivity index (χ4v) is 5.03. The van der Waals surface area contributed by atoms with Crippen LogP contribution in [-0.2, 0) is 16.6 Å². The number of carbonyl (C=O) groups excluding carboxylic acids is 1. The van der Waals surface area contributed by atoms with E-state index in [4.69, 9.17) is 0 Å². The van der Waals surface area contributed by atoms with Crippen molar-refractivity contribution in [2.45, 2.75) is 13.0 Å². The molecule has 1 amide bonds. The van der Waals surface area contributed by atoms with Gasteiger partial charge in [0.1, 0.15) is 0 Å². The van der Waals surface area contributed by atoms with Crippen LogP contribution in [0.4, 0.5) is 11.4 Å². The molecule has 0 radical (unpaired) electrons. The van der Waals surface area contributed by atoms with E-state index in [1.54, 1.807) is 29.3 Å². The Morgan fingerprint density at radius 1 is 0.900 bits per heavy atom. The third kappa shape index (κ3) is 4.46. The average molecular weight is 422 g/mol. The van der Waals surface area contributed by atoms with E-state index in [-0.39, 0.29) is 11.7 Å². The molecule has 154 valence electrons. The molecule has 3 aromatic carbocycles. The van der Waals surface area contributed by atoms with E-state index in [1.165, 1.54) is 4.31 Å². The smallest absolute Gasteiger partial charge is 0.269 e. The Labute approximate surface area is 176 Å². The highest BCUT2D eigenvalue weighted by atomic mass is 32.2. The fourth-order valence-electron chi connectivity index (χ4n) is 3.47. The number of hydrogen-bond acceptors (Lipinski definition) is 4. The zero-order chi connectivity index (χ0) is 21.0. The lowest BCUT2D eigenvalue weighted by atomic mass is 10.2. The molecule has 1 heterocycles. The summed E-state index contributed by atoms with van der Waals surface area (Å²) in [4.78, 5) is 12.9. The molecular weight excluding hydrogens is 398 g/mol. The number of benzene rings is 3. The number of nitrogens with one attached hydrogen (secondary N) is 1. The molecule has 0 aromatic heterocycles. The maximum Gasteiger partial charge on any atom is 0.269 e. The Morgan fingerprint density at radius 2 is 1.53 bits per heavy atom. The molecule has 6 nitrogen and oxygen atoms in total. The van der Waals surface area contributed by atoms with Gasteiger partial charge >= 0.3 is 0 Å². The molecule has 1 saturated heterocycles. The number of nitrogens with zero attached hydrogens (tertiary/aromatic N) is 2. The predicted molar refractivity (Wildman–Crippen MR) is 119 cm³/mol. The van der Waals surface area contributed by atoms with Gasteiger partial charge < -0.3 is 0 Å². The summed E-state index contributed by atoms with van der Waals surface area (Å²) in [5.41, 5.74) is 5.96. The second-order valence-corrected chi connectivity index (χ2v) is 9.15. The highest BCUT2D eigenvalue weighted by Crippen LogP contribution is 2.24. The molecule has 0 unspecified atom stereocenters. The number of sulfonamides is 1. The average Bonchev–Trinajstić information content (AvgIpc) is 3.13. The number of hydrogen-bond donors (Lipinski definition) is 1. The number of anilines is 2. The molecule has 1 aliphatic heterocycles. The van der Waals surface area contributed by atoms with Crippen LogP contribution in [-0.4, -0.2) is 26.6 Å². The van der Waals surface area contributed by atoms with Gasteiger partial charge in [-0.25, -0.2) is 8.42 Å². The van der Waals surface area contributed by atoms with Crippen LogP contribution in [0.25, 0.3) is 0 Å². The first-order valence-corrected chi connectivity index (χ1v) is 11.4. The highest BCUT2D eigenvalue weighted by Gasteiger charge is 2.28. The number of carbonyl (C=O) groups is 1. The zero-order valence-corrected chi connectivity index (χ0v) is 17.3. The summed E-state index contributed by atoms with van der Waals surface area (Å²) in [5.74, 6) is -0.0913. The summed E-state index contributed by atoms with van der Waals surface area (Å²) < 4.78 is 25.6. The number of para-hydroxylation sites is 1. The summed E-state index contributed by atoms with van der Waals surface area (Å²) >= 11 is 0. The Kier molecular flexibility index (Phi) is 5.72. The first-order chi connectivity index (χ1) is 14.5. The first kappa shape index (κ1) is 20.0. The van der Waals surface area contributed by atoms with Gasteiger partial charge in [-0.3, -0.25) is 19.5 Å². The molecular formula is C23H23N3O3S. The molecule has 0 aliphatic carbocycles. The van der Waals surface area contributed by atoms with E-state index in [0.29, 0.717) is 30.8 Å². The normalized spacial score (nSPS) is 15.0. The Hall–Kier alpha value is -3.32. The number of rotatable bonds is 6. The molecule has 30 heavy (non-hydrogen) atoms. The monoisotopic (exact) mass is 421 g/mol. The Balaban J connectivity index is 1.52. The first-order valence-electron chi connectivity index (χ1n) is 9.81.